The maximum absolute atomic E-state index is 6.48. The predicted octanol–water partition coefficient (Wildman–Crippen LogP) is 14.1. The minimum atomic E-state index is 0.913. The van der Waals surface area contributed by atoms with Crippen molar-refractivity contribution in [2.75, 3.05) is 0 Å². The van der Waals surface area contributed by atoms with Crippen LogP contribution in [0.5, 0.6) is 0 Å². The highest BCUT2D eigenvalue weighted by Gasteiger charge is 2.30. The quantitative estimate of drug-likeness (QED) is 0.182. The lowest BCUT2D eigenvalue weighted by Crippen LogP contribution is -2.06. The van der Waals surface area contributed by atoms with Crippen molar-refractivity contribution in [2.24, 2.45) is 0 Å². The standard InChI is InChI=1S/C50H30N2OS/c1-3-14-31(15-4-1)35-21-11-26-41-45(35)46-40-25-13-29-44-47(40)52(50(46)51(41)34-18-5-2-6-19-34)42-27-12-23-37(49(42)54-44)33-17-9-16-32(30-33)36-22-10-24-39-38-20-7-8-28-43(38)53-48(36)39/h1-30H. The van der Waals surface area contributed by atoms with Gasteiger partial charge in [0.2, 0.25) is 0 Å². The molecule has 1 aliphatic heterocycles. The van der Waals surface area contributed by atoms with Crippen molar-refractivity contribution < 1.29 is 4.42 Å². The van der Waals surface area contributed by atoms with Crippen LogP contribution in [0.2, 0.25) is 0 Å². The number of nitrogens with zero attached hydrogens (tertiary/aromatic N) is 2. The number of fused-ring (bicyclic) bond motifs is 10. The molecule has 3 nitrogen and oxygen atoms in total. The monoisotopic (exact) mass is 706 g/mol. The third-order valence-electron chi connectivity index (χ3n) is 11.1. The molecule has 0 unspecified atom stereocenters. The van der Waals surface area contributed by atoms with Gasteiger partial charge in [-0.2, -0.15) is 0 Å². The summed E-state index contributed by atoms with van der Waals surface area (Å²) in [6.45, 7) is 0. The highest BCUT2D eigenvalue weighted by Crippen LogP contribution is 2.53. The van der Waals surface area contributed by atoms with Gasteiger partial charge >= 0.3 is 0 Å². The van der Waals surface area contributed by atoms with Gasteiger partial charge in [0, 0.05) is 48.0 Å². The Balaban J connectivity index is 1.13. The maximum atomic E-state index is 6.48. The Morgan fingerprint density at radius 2 is 1.09 bits per heavy atom. The second kappa shape index (κ2) is 11.4. The molecular weight excluding hydrogens is 677 g/mol. The van der Waals surface area contributed by atoms with E-state index in [0.29, 0.717) is 0 Å². The molecule has 0 atom stereocenters. The zero-order valence-corrected chi connectivity index (χ0v) is 29.8. The first-order valence-electron chi connectivity index (χ1n) is 18.4. The smallest absolute Gasteiger partial charge is 0.143 e. The molecule has 4 heterocycles. The molecule has 0 aliphatic carbocycles. The lowest BCUT2D eigenvalue weighted by molar-refractivity contribution is 0.670. The fraction of sp³-hybridized carbons (Fsp3) is 0. The largest absolute Gasteiger partial charge is 0.455 e. The van der Waals surface area contributed by atoms with Crippen LogP contribution in [0.25, 0.3) is 99.5 Å². The van der Waals surface area contributed by atoms with Gasteiger partial charge in [0.15, 0.2) is 0 Å². The fourth-order valence-electron chi connectivity index (χ4n) is 8.84. The van der Waals surface area contributed by atoms with E-state index < -0.39 is 0 Å². The summed E-state index contributed by atoms with van der Waals surface area (Å²) >= 11 is 1.88. The Hall–Kier alpha value is -6.75. The van der Waals surface area contributed by atoms with Crippen molar-refractivity contribution in [3.05, 3.63) is 182 Å². The molecule has 3 aromatic heterocycles. The van der Waals surface area contributed by atoms with Gasteiger partial charge in [-0.3, -0.25) is 9.13 Å². The number of furan rings is 1. The van der Waals surface area contributed by atoms with Crippen molar-refractivity contribution in [1.82, 2.24) is 9.13 Å². The van der Waals surface area contributed by atoms with E-state index in [0.717, 1.165) is 38.8 Å². The van der Waals surface area contributed by atoms with Gasteiger partial charge in [-0.15, -0.1) is 0 Å². The summed E-state index contributed by atoms with van der Waals surface area (Å²) in [5.41, 5.74) is 14.9. The van der Waals surface area contributed by atoms with Crippen LogP contribution in [0, 0.1) is 0 Å². The molecule has 54 heavy (non-hydrogen) atoms. The molecule has 0 amide bonds. The van der Waals surface area contributed by atoms with Crippen LogP contribution in [0.15, 0.2) is 196 Å². The lowest BCUT2D eigenvalue weighted by Gasteiger charge is -2.23. The molecule has 0 saturated carbocycles. The first-order valence-corrected chi connectivity index (χ1v) is 19.2. The lowest BCUT2D eigenvalue weighted by atomic mass is 9.97. The van der Waals surface area contributed by atoms with Crippen LogP contribution in [-0.4, -0.2) is 9.13 Å². The van der Waals surface area contributed by atoms with E-state index in [1.807, 2.05) is 17.8 Å². The van der Waals surface area contributed by atoms with Gasteiger partial charge in [0.1, 0.15) is 16.8 Å². The van der Waals surface area contributed by atoms with Crippen molar-refractivity contribution in [3.8, 4) is 44.8 Å². The fourth-order valence-corrected chi connectivity index (χ4v) is 10.1. The Kier molecular flexibility index (Phi) is 6.27. The summed E-state index contributed by atoms with van der Waals surface area (Å²) in [6.07, 6.45) is 0. The van der Waals surface area contributed by atoms with E-state index in [-0.39, 0.29) is 0 Å². The average molecular weight is 707 g/mol. The Morgan fingerprint density at radius 3 is 1.98 bits per heavy atom. The molecule has 4 heteroatoms. The van der Waals surface area contributed by atoms with Gasteiger partial charge in [-0.25, -0.2) is 0 Å². The summed E-state index contributed by atoms with van der Waals surface area (Å²) in [7, 11) is 0. The Morgan fingerprint density at radius 1 is 0.444 bits per heavy atom. The molecular formula is C50H30N2OS. The Bertz CT molecular complexity index is 3290. The summed E-state index contributed by atoms with van der Waals surface area (Å²) in [5, 5.41) is 6.12. The number of para-hydroxylation sites is 4. The van der Waals surface area contributed by atoms with Crippen LogP contribution in [0.1, 0.15) is 0 Å². The van der Waals surface area contributed by atoms with E-state index in [1.165, 1.54) is 70.6 Å². The van der Waals surface area contributed by atoms with Crippen molar-refractivity contribution in [2.45, 2.75) is 9.79 Å². The van der Waals surface area contributed by atoms with E-state index >= 15 is 0 Å². The summed E-state index contributed by atoms with van der Waals surface area (Å²) in [5.74, 6) is 0. The van der Waals surface area contributed by atoms with E-state index in [1.54, 1.807) is 0 Å². The molecule has 0 saturated heterocycles. The number of benzene rings is 8. The SMILES string of the molecule is c1ccc(-c2cccc3c2c2c4cccc5c4n(c2n3-c2ccccc2)-c2cccc(-c3cccc(-c4cccc6c4oc4ccccc46)c3)c2S5)cc1. The van der Waals surface area contributed by atoms with Gasteiger partial charge in [-0.1, -0.05) is 151 Å². The zero-order valence-electron chi connectivity index (χ0n) is 29.0. The van der Waals surface area contributed by atoms with Crippen LogP contribution in [0.4, 0.5) is 0 Å². The molecule has 252 valence electrons. The minimum Gasteiger partial charge on any atom is -0.455 e. The van der Waals surface area contributed by atoms with Gasteiger partial charge in [-0.05, 0) is 70.3 Å². The molecule has 12 rings (SSSR count). The van der Waals surface area contributed by atoms with Crippen molar-refractivity contribution in [1.29, 1.82) is 0 Å². The first-order chi connectivity index (χ1) is 26.8. The third kappa shape index (κ3) is 4.14. The van der Waals surface area contributed by atoms with E-state index in [4.69, 9.17) is 4.42 Å². The van der Waals surface area contributed by atoms with E-state index in [9.17, 15) is 0 Å². The zero-order chi connectivity index (χ0) is 35.3. The molecule has 1 aliphatic rings. The molecule has 11 aromatic rings. The highest BCUT2D eigenvalue weighted by molar-refractivity contribution is 8.00. The number of rotatable bonds is 4. The van der Waals surface area contributed by atoms with Crippen LogP contribution >= 0.6 is 11.8 Å². The number of hydrogen-bond acceptors (Lipinski definition) is 2. The minimum absolute atomic E-state index is 0.913. The van der Waals surface area contributed by atoms with E-state index in [2.05, 4.69) is 185 Å². The van der Waals surface area contributed by atoms with Gasteiger partial charge in [0.05, 0.1) is 16.7 Å². The average Bonchev–Trinajstić information content (AvgIpc) is 3.90. The highest BCUT2D eigenvalue weighted by atomic mass is 32.2. The topological polar surface area (TPSA) is 23.0 Å². The van der Waals surface area contributed by atoms with Crippen LogP contribution < -0.4 is 0 Å². The molecule has 0 bridgehead atoms. The second-order valence-electron chi connectivity index (χ2n) is 14.0. The normalized spacial score (nSPS) is 12.4. The maximum Gasteiger partial charge on any atom is 0.143 e. The molecule has 0 radical (unpaired) electrons. The molecule has 0 N–H and O–H groups in total. The van der Waals surface area contributed by atoms with Gasteiger partial charge in [0.25, 0.3) is 0 Å². The van der Waals surface area contributed by atoms with Gasteiger partial charge < -0.3 is 4.42 Å². The molecule has 8 aromatic carbocycles. The van der Waals surface area contributed by atoms with Crippen LogP contribution in [-0.2, 0) is 0 Å². The second-order valence-corrected chi connectivity index (χ2v) is 15.1. The summed E-state index contributed by atoms with van der Waals surface area (Å²) in [4.78, 5) is 2.51. The molecule has 0 spiro atoms. The first kappa shape index (κ1) is 29.8. The summed E-state index contributed by atoms with van der Waals surface area (Å²) < 4.78 is 11.5. The van der Waals surface area contributed by atoms with Crippen molar-refractivity contribution in [3.63, 3.8) is 0 Å². The van der Waals surface area contributed by atoms with Crippen molar-refractivity contribution >= 4 is 66.5 Å². The third-order valence-corrected chi connectivity index (χ3v) is 12.3. The van der Waals surface area contributed by atoms with Crippen LogP contribution in [0.3, 0.4) is 0 Å². The molecule has 0 fully saturated rings. The summed E-state index contributed by atoms with van der Waals surface area (Å²) in [6, 6.07) is 65.7. The Labute approximate surface area is 315 Å². The predicted molar refractivity (Wildman–Crippen MR) is 225 cm³/mol. The number of aromatic nitrogens is 2. The number of hydrogen-bond donors (Lipinski definition) is 0.